The molecule has 0 rings (SSSR count). The lowest BCUT2D eigenvalue weighted by molar-refractivity contribution is -0.128. The molecule has 14 heavy (non-hydrogen) atoms. The number of carbonyl (C=O) groups is 1. The third-order valence-corrected chi connectivity index (χ3v) is 2.90. The second-order valence-electron chi connectivity index (χ2n) is 4.92. The number of hydrogen-bond donors (Lipinski definition) is 2. The van der Waals surface area contributed by atoms with E-state index in [1.54, 1.807) is 6.92 Å². The average Bonchev–Trinajstić information content (AvgIpc) is 2.01. The smallest absolute Gasteiger partial charge is 0.223 e. The second kappa shape index (κ2) is 4.78. The van der Waals surface area contributed by atoms with E-state index in [-0.39, 0.29) is 11.8 Å². The van der Waals surface area contributed by atoms with Crippen molar-refractivity contribution in [2.75, 3.05) is 0 Å². The Hall–Kier alpha value is -0.570. The highest BCUT2D eigenvalue weighted by Gasteiger charge is 2.28. The first-order valence-electron chi connectivity index (χ1n) is 5.18. The first kappa shape index (κ1) is 13.4. The summed E-state index contributed by atoms with van der Waals surface area (Å²) in [7, 11) is 0. The van der Waals surface area contributed by atoms with Crippen LogP contribution in [0.2, 0.25) is 0 Å². The van der Waals surface area contributed by atoms with Gasteiger partial charge >= 0.3 is 0 Å². The molecule has 2 atom stereocenters. The van der Waals surface area contributed by atoms with Gasteiger partial charge in [0.25, 0.3) is 0 Å². The Morgan fingerprint density at radius 2 is 1.64 bits per heavy atom. The lowest BCUT2D eigenvalue weighted by Crippen LogP contribution is -2.52. The van der Waals surface area contributed by atoms with Crippen LogP contribution in [0.4, 0.5) is 0 Å². The molecule has 84 valence electrons. The van der Waals surface area contributed by atoms with Crippen LogP contribution in [0, 0.1) is 11.8 Å². The molecular weight excluding hydrogens is 178 g/mol. The minimum absolute atomic E-state index is 0.00546. The minimum Gasteiger partial charge on any atom is -0.391 e. The zero-order valence-electron chi connectivity index (χ0n) is 10.1. The van der Waals surface area contributed by atoms with Crippen LogP contribution < -0.4 is 5.32 Å². The SMILES string of the molecule is CC(C)C(C)C(=O)NC(C)(C)C(C)O. The van der Waals surface area contributed by atoms with E-state index in [4.69, 9.17) is 0 Å². The molecule has 0 spiro atoms. The second-order valence-corrected chi connectivity index (χ2v) is 4.92. The average molecular weight is 201 g/mol. The molecule has 0 aliphatic carbocycles. The molecule has 3 heteroatoms. The van der Waals surface area contributed by atoms with E-state index in [1.807, 2.05) is 34.6 Å². The monoisotopic (exact) mass is 201 g/mol. The van der Waals surface area contributed by atoms with Crippen LogP contribution in [0.1, 0.15) is 41.5 Å². The van der Waals surface area contributed by atoms with E-state index in [9.17, 15) is 9.90 Å². The third kappa shape index (κ3) is 3.66. The highest BCUT2D eigenvalue weighted by molar-refractivity contribution is 5.79. The van der Waals surface area contributed by atoms with Crippen molar-refractivity contribution >= 4 is 5.91 Å². The molecule has 0 aromatic rings. The van der Waals surface area contributed by atoms with Gasteiger partial charge in [-0.15, -0.1) is 0 Å². The van der Waals surface area contributed by atoms with Gasteiger partial charge in [-0.2, -0.15) is 0 Å². The Kier molecular flexibility index (Phi) is 4.59. The molecule has 3 nitrogen and oxygen atoms in total. The van der Waals surface area contributed by atoms with Crippen LogP contribution in [-0.2, 0) is 4.79 Å². The molecule has 0 aromatic carbocycles. The third-order valence-electron chi connectivity index (χ3n) is 2.90. The summed E-state index contributed by atoms with van der Waals surface area (Å²) >= 11 is 0. The Balaban J connectivity index is 4.32. The summed E-state index contributed by atoms with van der Waals surface area (Å²) in [6, 6.07) is 0. The van der Waals surface area contributed by atoms with Gasteiger partial charge in [-0.1, -0.05) is 20.8 Å². The van der Waals surface area contributed by atoms with E-state index in [2.05, 4.69) is 5.32 Å². The Labute approximate surface area is 86.9 Å². The fraction of sp³-hybridized carbons (Fsp3) is 0.909. The van der Waals surface area contributed by atoms with Gasteiger partial charge in [0.1, 0.15) is 0 Å². The van der Waals surface area contributed by atoms with Crippen LogP contribution in [0.3, 0.4) is 0 Å². The van der Waals surface area contributed by atoms with E-state index < -0.39 is 11.6 Å². The Morgan fingerprint density at radius 3 is 1.93 bits per heavy atom. The number of nitrogens with one attached hydrogen (secondary N) is 1. The first-order valence-corrected chi connectivity index (χ1v) is 5.18. The van der Waals surface area contributed by atoms with Gasteiger partial charge in [-0.05, 0) is 26.7 Å². The van der Waals surface area contributed by atoms with E-state index in [0.29, 0.717) is 5.92 Å². The highest BCUT2D eigenvalue weighted by Crippen LogP contribution is 2.14. The predicted molar refractivity (Wildman–Crippen MR) is 57.9 cm³/mol. The van der Waals surface area contributed by atoms with E-state index >= 15 is 0 Å². The van der Waals surface area contributed by atoms with Crippen LogP contribution in [0.15, 0.2) is 0 Å². The van der Waals surface area contributed by atoms with Gasteiger partial charge < -0.3 is 10.4 Å². The Morgan fingerprint density at radius 1 is 1.21 bits per heavy atom. The van der Waals surface area contributed by atoms with Gasteiger partial charge in [0.2, 0.25) is 5.91 Å². The molecule has 1 amide bonds. The fourth-order valence-electron chi connectivity index (χ4n) is 0.839. The van der Waals surface area contributed by atoms with Crippen LogP contribution >= 0.6 is 0 Å². The van der Waals surface area contributed by atoms with Gasteiger partial charge in [0.15, 0.2) is 0 Å². The fourth-order valence-corrected chi connectivity index (χ4v) is 0.839. The molecular formula is C11H23NO2. The summed E-state index contributed by atoms with van der Waals surface area (Å²) in [4.78, 5) is 11.7. The maximum Gasteiger partial charge on any atom is 0.223 e. The molecule has 0 aliphatic rings. The molecule has 0 aromatic heterocycles. The van der Waals surface area contributed by atoms with Crippen molar-refractivity contribution in [3.63, 3.8) is 0 Å². The van der Waals surface area contributed by atoms with Gasteiger partial charge in [-0.25, -0.2) is 0 Å². The normalized spacial score (nSPS) is 16.6. The molecule has 0 radical (unpaired) electrons. The summed E-state index contributed by atoms with van der Waals surface area (Å²) < 4.78 is 0. The van der Waals surface area contributed by atoms with Crippen molar-refractivity contribution in [3.05, 3.63) is 0 Å². The molecule has 0 heterocycles. The van der Waals surface area contributed by atoms with Gasteiger partial charge in [0.05, 0.1) is 11.6 Å². The maximum absolute atomic E-state index is 11.7. The van der Waals surface area contributed by atoms with Crippen LogP contribution in [-0.4, -0.2) is 22.7 Å². The number of amides is 1. The number of carbonyl (C=O) groups excluding carboxylic acids is 1. The number of aliphatic hydroxyl groups excluding tert-OH is 1. The maximum atomic E-state index is 11.7. The molecule has 2 unspecified atom stereocenters. The number of aliphatic hydroxyl groups is 1. The topological polar surface area (TPSA) is 49.3 Å². The van der Waals surface area contributed by atoms with Gasteiger partial charge in [-0.3, -0.25) is 4.79 Å². The largest absolute Gasteiger partial charge is 0.391 e. The molecule has 2 N–H and O–H groups in total. The lowest BCUT2D eigenvalue weighted by Gasteiger charge is -2.31. The predicted octanol–water partition coefficient (Wildman–Crippen LogP) is 1.55. The van der Waals surface area contributed by atoms with Crippen molar-refractivity contribution in [1.82, 2.24) is 5.32 Å². The lowest BCUT2D eigenvalue weighted by atomic mass is 9.93. The summed E-state index contributed by atoms with van der Waals surface area (Å²) in [5, 5.41) is 12.3. The van der Waals surface area contributed by atoms with Crippen molar-refractivity contribution in [3.8, 4) is 0 Å². The van der Waals surface area contributed by atoms with Crippen LogP contribution in [0.25, 0.3) is 0 Å². The first-order chi connectivity index (χ1) is 6.18. The molecule has 0 bridgehead atoms. The van der Waals surface area contributed by atoms with E-state index in [0.717, 1.165) is 0 Å². The molecule has 0 saturated heterocycles. The number of hydrogen-bond acceptors (Lipinski definition) is 2. The summed E-state index contributed by atoms with van der Waals surface area (Å²) in [5.41, 5.74) is -0.555. The standard InChI is InChI=1S/C11H23NO2/c1-7(2)8(3)10(14)12-11(5,6)9(4)13/h7-9,13H,1-6H3,(H,12,14). The van der Waals surface area contributed by atoms with Gasteiger partial charge in [0, 0.05) is 5.92 Å². The molecule has 0 saturated carbocycles. The zero-order chi connectivity index (χ0) is 11.5. The van der Waals surface area contributed by atoms with Crippen molar-refractivity contribution in [2.24, 2.45) is 11.8 Å². The quantitative estimate of drug-likeness (QED) is 0.725. The number of rotatable bonds is 4. The van der Waals surface area contributed by atoms with Crippen molar-refractivity contribution in [2.45, 2.75) is 53.2 Å². The summed E-state index contributed by atoms with van der Waals surface area (Å²) in [6.45, 7) is 11.3. The molecule has 0 aliphatic heterocycles. The van der Waals surface area contributed by atoms with Crippen LogP contribution in [0.5, 0.6) is 0 Å². The minimum atomic E-state index is -0.555. The van der Waals surface area contributed by atoms with Crippen molar-refractivity contribution < 1.29 is 9.90 Å². The summed E-state index contributed by atoms with van der Waals surface area (Å²) in [5.74, 6) is 0.304. The zero-order valence-corrected chi connectivity index (χ0v) is 10.1. The molecule has 0 fully saturated rings. The van der Waals surface area contributed by atoms with Crippen molar-refractivity contribution in [1.29, 1.82) is 0 Å². The summed E-state index contributed by atoms with van der Waals surface area (Å²) in [6.07, 6.45) is -0.550. The Bertz CT molecular complexity index is 197. The highest BCUT2D eigenvalue weighted by atomic mass is 16.3. The van der Waals surface area contributed by atoms with E-state index in [1.165, 1.54) is 0 Å².